The summed E-state index contributed by atoms with van der Waals surface area (Å²) in [4.78, 5) is 0. The van der Waals surface area contributed by atoms with Gasteiger partial charge in [-0.2, -0.15) is 0 Å². The monoisotopic (exact) mass is 125 g/mol. The van der Waals surface area contributed by atoms with Crippen LogP contribution in [0, 0.1) is 11.8 Å². The summed E-state index contributed by atoms with van der Waals surface area (Å²) in [5.74, 6) is 1.11. The lowest BCUT2D eigenvalue weighted by molar-refractivity contribution is 1.52. The summed E-state index contributed by atoms with van der Waals surface area (Å²) in [6.07, 6.45) is 0. The van der Waals surface area contributed by atoms with E-state index >= 15 is 0 Å². The minimum Gasteiger partial charge on any atom is -0.202 e. The Balaban J connectivity index is 0. The third kappa shape index (κ3) is 33.5. The van der Waals surface area contributed by atoms with Gasteiger partial charge in [-0.25, -0.2) is 5.26 Å². The Morgan fingerprint density at radius 1 is 1.17 bits per heavy atom. The van der Waals surface area contributed by atoms with Crippen LogP contribution in [0.3, 0.4) is 0 Å². The molecule has 0 amide bonds. The van der Waals surface area contributed by atoms with Crippen molar-refractivity contribution in [3.8, 4) is 6.57 Å². The summed E-state index contributed by atoms with van der Waals surface area (Å²) < 4.78 is 0. The third-order valence-corrected chi connectivity index (χ3v) is 0.643. The van der Waals surface area contributed by atoms with Gasteiger partial charge >= 0.3 is 0 Å². The van der Waals surface area contributed by atoms with Crippen LogP contribution in [-0.4, -0.2) is 11.8 Å². The fourth-order valence-electron chi connectivity index (χ4n) is 0. The van der Waals surface area contributed by atoms with Gasteiger partial charge in [-0.1, -0.05) is 0 Å². The topological polar surface area (TPSA) is 23.8 Å². The Labute approximate surface area is 47.5 Å². The molecule has 0 aliphatic heterocycles. The van der Waals surface area contributed by atoms with Crippen molar-refractivity contribution in [2.45, 2.75) is 0 Å². The van der Waals surface area contributed by atoms with Crippen molar-refractivity contribution >= 4 is 23.2 Å². The molecule has 6 heavy (non-hydrogen) atoms. The predicted octanol–water partition coefficient (Wildman–Crippen LogP) is 1.60. The zero-order valence-electron chi connectivity index (χ0n) is 3.19. The predicted molar refractivity (Wildman–Crippen MR) is 28.1 cm³/mol. The Kier molecular flexibility index (Phi) is 30.8. The Hall–Kier alpha value is 0.0700. The minimum atomic E-state index is 0.557. The van der Waals surface area contributed by atoms with E-state index < -0.39 is 0 Å². The van der Waals surface area contributed by atoms with Crippen LogP contribution in [0.5, 0.6) is 0 Å². The standard InChI is InChI=1S/C2H4Cl2.CHN/c3-1-2-4;1-2/h1-2H2;1H. The number of alkyl halides is 2. The van der Waals surface area contributed by atoms with Crippen LogP contribution in [0.2, 0.25) is 0 Å². The number of hydrogen-bond acceptors (Lipinski definition) is 1. The molecule has 0 spiro atoms. The van der Waals surface area contributed by atoms with Crippen molar-refractivity contribution in [2.75, 3.05) is 11.8 Å². The van der Waals surface area contributed by atoms with Gasteiger partial charge in [0.25, 0.3) is 0 Å². The SMILES string of the molecule is C#N.ClCCCl. The molecule has 36 valence electrons. The number of nitriles is 1. The summed E-state index contributed by atoms with van der Waals surface area (Å²) >= 11 is 10.1. The average Bonchev–Trinajstić information content (AvgIpc) is 1.72. The molecule has 0 saturated carbocycles. The second-order valence-electron chi connectivity index (χ2n) is 0.378. The van der Waals surface area contributed by atoms with E-state index in [1.165, 1.54) is 0 Å². The molecule has 0 aromatic carbocycles. The number of halogens is 2. The number of nitrogens with zero attached hydrogens (tertiary/aromatic N) is 1. The van der Waals surface area contributed by atoms with E-state index in [2.05, 4.69) is 6.57 Å². The highest BCUT2D eigenvalue weighted by Crippen LogP contribution is 1.75. The summed E-state index contributed by atoms with van der Waals surface area (Å²) in [5, 5.41) is 6.50. The summed E-state index contributed by atoms with van der Waals surface area (Å²) in [5.41, 5.74) is 0. The minimum absolute atomic E-state index is 0.557. The molecule has 0 saturated heterocycles. The zero-order valence-corrected chi connectivity index (χ0v) is 4.71. The van der Waals surface area contributed by atoms with Crippen LogP contribution in [0.15, 0.2) is 0 Å². The molecule has 3 heteroatoms. The van der Waals surface area contributed by atoms with E-state index in [-0.39, 0.29) is 0 Å². The molecule has 0 bridgehead atoms. The highest BCUT2D eigenvalue weighted by molar-refractivity contribution is 6.25. The number of hydrogen-bond donors (Lipinski definition) is 0. The third-order valence-electron chi connectivity index (χ3n) is 0.0714. The van der Waals surface area contributed by atoms with E-state index in [1.54, 1.807) is 0 Å². The fourth-order valence-corrected chi connectivity index (χ4v) is 0. The van der Waals surface area contributed by atoms with Crippen molar-refractivity contribution in [1.29, 1.82) is 5.26 Å². The van der Waals surface area contributed by atoms with Crippen molar-refractivity contribution in [3.05, 3.63) is 0 Å². The first kappa shape index (κ1) is 9.42. The maximum Gasteiger partial charge on any atom is 0.0462 e. The molecule has 0 fully saturated rings. The van der Waals surface area contributed by atoms with Crippen LogP contribution in [0.1, 0.15) is 0 Å². The van der Waals surface area contributed by atoms with Crippen molar-refractivity contribution in [2.24, 2.45) is 0 Å². The molecule has 0 heterocycles. The molecule has 0 radical (unpaired) electrons. The number of rotatable bonds is 1. The van der Waals surface area contributed by atoms with E-state index in [9.17, 15) is 0 Å². The fraction of sp³-hybridized carbons (Fsp3) is 0.667. The normalized spacial score (nSPS) is 5.33. The highest BCUT2D eigenvalue weighted by atomic mass is 35.5. The Morgan fingerprint density at radius 3 is 1.33 bits per heavy atom. The second-order valence-corrected chi connectivity index (χ2v) is 1.13. The lowest BCUT2D eigenvalue weighted by Crippen LogP contribution is -1.63. The van der Waals surface area contributed by atoms with Crippen LogP contribution in [0.25, 0.3) is 0 Å². The Morgan fingerprint density at radius 2 is 1.33 bits per heavy atom. The molecular formula is C3H5Cl2N. The maximum atomic E-state index is 6.50. The Bertz CT molecular complexity index is 25.2. The van der Waals surface area contributed by atoms with Crippen LogP contribution >= 0.6 is 23.2 Å². The van der Waals surface area contributed by atoms with Gasteiger partial charge in [0.2, 0.25) is 0 Å². The summed E-state index contributed by atoms with van der Waals surface area (Å²) in [6, 6.07) is 0. The lowest BCUT2D eigenvalue weighted by Gasteiger charge is -1.63. The quantitative estimate of drug-likeness (QED) is 0.489. The van der Waals surface area contributed by atoms with Gasteiger partial charge in [-0.15, -0.1) is 23.2 Å². The maximum absolute atomic E-state index is 6.50. The van der Waals surface area contributed by atoms with Crippen molar-refractivity contribution in [3.63, 3.8) is 0 Å². The molecule has 0 rings (SSSR count). The van der Waals surface area contributed by atoms with Gasteiger partial charge in [0.15, 0.2) is 0 Å². The summed E-state index contributed by atoms with van der Waals surface area (Å²) in [7, 11) is 0. The highest BCUT2D eigenvalue weighted by Gasteiger charge is 1.61. The first-order valence-electron chi connectivity index (χ1n) is 1.29. The van der Waals surface area contributed by atoms with Crippen LogP contribution < -0.4 is 0 Å². The lowest BCUT2D eigenvalue weighted by atomic mass is 11.0. The molecule has 0 aromatic heterocycles. The average molecular weight is 126 g/mol. The van der Waals surface area contributed by atoms with Crippen LogP contribution in [-0.2, 0) is 0 Å². The van der Waals surface area contributed by atoms with Gasteiger partial charge in [-0.3, -0.25) is 0 Å². The largest absolute Gasteiger partial charge is 0.202 e. The molecule has 0 aliphatic carbocycles. The van der Waals surface area contributed by atoms with Gasteiger partial charge in [0, 0.05) is 18.3 Å². The summed E-state index contributed by atoms with van der Waals surface area (Å²) in [6.45, 7) is 3.50. The van der Waals surface area contributed by atoms with Crippen LogP contribution in [0.4, 0.5) is 0 Å². The molecule has 0 unspecified atom stereocenters. The van der Waals surface area contributed by atoms with Crippen molar-refractivity contribution < 1.29 is 0 Å². The van der Waals surface area contributed by atoms with E-state index in [0.29, 0.717) is 11.8 Å². The molecule has 0 N–H and O–H groups in total. The molecule has 0 aliphatic rings. The molecule has 0 atom stereocenters. The first-order valence-corrected chi connectivity index (χ1v) is 2.36. The first-order chi connectivity index (χ1) is 2.91. The second kappa shape index (κ2) is 19.6. The van der Waals surface area contributed by atoms with Gasteiger partial charge in [0.05, 0.1) is 0 Å². The molecular weight excluding hydrogens is 121 g/mol. The van der Waals surface area contributed by atoms with Crippen molar-refractivity contribution in [1.82, 2.24) is 0 Å². The van der Waals surface area contributed by atoms with Gasteiger partial charge in [0.1, 0.15) is 0 Å². The smallest absolute Gasteiger partial charge is 0.0462 e. The van der Waals surface area contributed by atoms with E-state index in [0.717, 1.165) is 0 Å². The van der Waals surface area contributed by atoms with Gasteiger partial charge in [-0.05, 0) is 0 Å². The molecule has 1 nitrogen and oxygen atoms in total. The zero-order chi connectivity index (χ0) is 5.41. The van der Waals surface area contributed by atoms with E-state index in [4.69, 9.17) is 28.5 Å². The molecule has 0 aromatic rings. The van der Waals surface area contributed by atoms with Gasteiger partial charge < -0.3 is 0 Å². The van der Waals surface area contributed by atoms with E-state index in [1.807, 2.05) is 0 Å².